The third kappa shape index (κ3) is 7.93. The van der Waals surface area contributed by atoms with E-state index in [9.17, 15) is 19.8 Å². The molecule has 31 heavy (non-hydrogen) atoms. The Kier molecular flexibility index (Phi) is 12.7. The van der Waals surface area contributed by atoms with Crippen molar-refractivity contribution in [3.63, 3.8) is 0 Å². The Bertz CT molecular complexity index is 809. The predicted octanol–water partition coefficient (Wildman–Crippen LogP) is 4.21. The maximum absolute atomic E-state index is 11.0. The Morgan fingerprint density at radius 1 is 0.581 bits per heavy atom. The first-order valence-electron chi connectivity index (χ1n) is 10.6. The number of aromatic carboxylic acids is 2. The minimum atomic E-state index is -1.08. The van der Waals surface area contributed by atoms with E-state index in [2.05, 4.69) is 27.7 Å². The molecule has 2 rings (SSSR count). The van der Waals surface area contributed by atoms with E-state index >= 15 is 0 Å². The molecule has 4 nitrogen and oxygen atoms in total. The van der Waals surface area contributed by atoms with Gasteiger partial charge in [0, 0.05) is 11.1 Å². The standard InChI is InChI=1S/2C13H18O2.Ca/c2*1-8(2)10-6-5-7-11(13(14)15)12(10)9(3)4;/h2*5-9H,1-4H3,(H,14,15);/q;;+2/p-2. The van der Waals surface area contributed by atoms with Gasteiger partial charge in [0.2, 0.25) is 0 Å². The molecule has 0 bridgehead atoms. The number of hydrogen-bond donors (Lipinski definition) is 0. The zero-order valence-corrected chi connectivity index (χ0v) is 22.3. The molecular formula is C26H34CaO4. The molecule has 0 saturated carbocycles. The first kappa shape index (κ1) is 29.6. The predicted molar refractivity (Wildman–Crippen MR) is 124 cm³/mol. The average molecular weight is 451 g/mol. The first-order chi connectivity index (χ1) is 13.9. The van der Waals surface area contributed by atoms with E-state index in [1.165, 1.54) is 0 Å². The van der Waals surface area contributed by atoms with Crippen molar-refractivity contribution >= 4 is 49.7 Å². The summed E-state index contributed by atoms with van der Waals surface area (Å²) >= 11 is 0. The van der Waals surface area contributed by atoms with Crippen LogP contribution in [0.4, 0.5) is 0 Å². The van der Waals surface area contributed by atoms with Gasteiger partial charge in [0.05, 0.1) is 11.9 Å². The maximum atomic E-state index is 11.0. The van der Waals surface area contributed by atoms with E-state index < -0.39 is 11.9 Å². The minimum Gasteiger partial charge on any atom is -0.545 e. The largest absolute Gasteiger partial charge is 2.00 e. The monoisotopic (exact) mass is 450 g/mol. The van der Waals surface area contributed by atoms with Gasteiger partial charge in [0.25, 0.3) is 0 Å². The van der Waals surface area contributed by atoms with E-state index in [-0.39, 0.29) is 49.6 Å². The molecule has 0 fully saturated rings. The van der Waals surface area contributed by atoms with Gasteiger partial charge < -0.3 is 19.8 Å². The van der Waals surface area contributed by atoms with Gasteiger partial charge in [-0.3, -0.25) is 0 Å². The van der Waals surface area contributed by atoms with Crippen LogP contribution in [0.5, 0.6) is 0 Å². The summed E-state index contributed by atoms with van der Waals surface area (Å²) in [7, 11) is 0. The summed E-state index contributed by atoms with van der Waals surface area (Å²) in [4.78, 5) is 22.0. The van der Waals surface area contributed by atoms with Crippen molar-refractivity contribution in [3.8, 4) is 0 Å². The third-order valence-electron chi connectivity index (χ3n) is 5.12. The Balaban J connectivity index is 0.000000562. The average Bonchev–Trinajstić information content (AvgIpc) is 2.66. The van der Waals surface area contributed by atoms with Gasteiger partial charge in [-0.2, -0.15) is 0 Å². The summed E-state index contributed by atoms with van der Waals surface area (Å²) in [5.41, 5.74) is 4.69. The number of rotatable bonds is 6. The first-order valence-corrected chi connectivity index (χ1v) is 10.6. The molecule has 0 radical (unpaired) electrons. The van der Waals surface area contributed by atoms with Gasteiger partial charge >= 0.3 is 37.7 Å². The second-order valence-electron chi connectivity index (χ2n) is 8.81. The molecule has 0 saturated heterocycles. The fraction of sp³-hybridized carbons (Fsp3) is 0.462. The summed E-state index contributed by atoms with van der Waals surface area (Å²) < 4.78 is 0. The Morgan fingerprint density at radius 2 is 0.871 bits per heavy atom. The molecule has 0 amide bonds. The van der Waals surface area contributed by atoms with E-state index in [0.29, 0.717) is 23.0 Å². The van der Waals surface area contributed by atoms with Gasteiger partial charge in [0.1, 0.15) is 0 Å². The Labute approximate surface area is 217 Å². The zero-order valence-electron chi connectivity index (χ0n) is 20.1. The zero-order chi connectivity index (χ0) is 23.2. The van der Waals surface area contributed by atoms with Gasteiger partial charge in [-0.1, -0.05) is 91.8 Å². The second kappa shape index (κ2) is 13.2. The molecule has 2 aromatic carbocycles. The molecule has 5 heteroatoms. The molecular weight excluding hydrogens is 416 g/mol. The van der Waals surface area contributed by atoms with E-state index in [1.807, 2.05) is 39.8 Å². The summed E-state index contributed by atoms with van der Waals surface area (Å²) in [5, 5.41) is 22.0. The summed E-state index contributed by atoms with van der Waals surface area (Å²) in [6.07, 6.45) is 0. The number of benzene rings is 2. The van der Waals surface area contributed by atoms with Crippen molar-refractivity contribution in [1.82, 2.24) is 0 Å². The molecule has 0 aliphatic carbocycles. The molecule has 0 atom stereocenters. The number of carbonyl (C=O) groups is 2. The summed E-state index contributed by atoms with van der Waals surface area (Å²) in [5.74, 6) is -1.08. The molecule has 0 aliphatic heterocycles. The van der Waals surface area contributed by atoms with E-state index in [0.717, 1.165) is 22.3 Å². The van der Waals surface area contributed by atoms with Crippen LogP contribution in [0.15, 0.2) is 36.4 Å². The van der Waals surface area contributed by atoms with Crippen LogP contribution in [0.25, 0.3) is 0 Å². The summed E-state index contributed by atoms with van der Waals surface area (Å²) in [6, 6.07) is 10.8. The number of carboxylic acids is 2. The van der Waals surface area contributed by atoms with E-state index in [4.69, 9.17) is 0 Å². The van der Waals surface area contributed by atoms with Crippen molar-refractivity contribution < 1.29 is 19.8 Å². The van der Waals surface area contributed by atoms with Crippen molar-refractivity contribution in [1.29, 1.82) is 0 Å². The smallest absolute Gasteiger partial charge is 0.545 e. The van der Waals surface area contributed by atoms with Gasteiger partial charge in [-0.25, -0.2) is 0 Å². The molecule has 0 N–H and O–H groups in total. The summed E-state index contributed by atoms with van der Waals surface area (Å²) in [6.45, 7) is 16.3. The fourth-order valence-corrected chi connectivity index (χ4v) is 3.82. The minimum absolute atomic E-state index is 0. The van der Waals surface area contributed by atoms with Crippen molar-refractivity contribution in [2.45, 2.75) is 79.1 Å². The number of hydrogen-bond acceptors (Lipinski definition) is 4. The Hall–Kier alpha value is -1.36. The van der Waals surface area contributed by atoms with Crippen LogP contribution in [-0.2, 0) is 0 Å². The van der Waals surface area contributed by atoms with Crippen molar-refractivity contribution in [2.75, 3.05) is 0 Å². The van der Waals surface area contributed by atoms with Crippen LogP contribution in [0, 0.1) is 0 Å². The molecule has 0 heterocycles. The van der Waals surface area contributed by atoms with Crippen LogP contribution < -0.4 is 10.2 Å². The topological polar surface area (TPSA) is 80.3 Å². The quantitative estimate of drug-likeness (QED) is 0.618. The second-order valence-corrected chi connectivity index (χ2v) is 8.81. The maximum Gasteiger partial charge on any atom is 2.00 e. The molecule has 0 spiro atoms. The van der Waals surface area contributed by atoms with Crippen LogP contribution in [0.3, 0.4) is 0 Å². The van der Waals surface area contributed by atoms with Crippen LogP contribution in [-0.4, -0.2) is 49.7 Å². The SMILES string of the molecule is CC(C)c1cccc(C(=O)[O-])c1C(C)C.CC(C)c1cccc(C(=O)[O-])c1C(C)C.[Ca+2]. The molecule has 2 aromatic rings. The Morgan fingerprint density at radius 3 is 1.06 bits per heavy atom. The van der Waals surface area contributed by atoms with Crippen LogP contribution >= 0.6 is 0 Å². The molecule has 0 unspecified atom stereocenters. The van der Waals surface area contributed by atoms with Crippen LogP contribution in [0.2, 0.25) is 0 Å². The molecule has 164 valence electrons. The van der Waals surface area contributed by atoms with Crippen molar-refractivity contribution in [2.24, 2.45) is 0 Å². The van der Waals surface area contributed by atoms with E-state index in [1.54, 1.807) is 24.3 Å². The van der Waals surface area contributed by atoms with Crippen molar-refractivity contribution in [3.05, 3.63) is 69.8 Å². The number of carbonyl (C=O) groups excluding carboxylic acids is 2. The van der Waals surface area contributed by atoms with Gasteiger partial charge in [-0.05, 0) is 45.9 Å². The normalized spacial score (nSPS) is 10.7. The van der Waals surface area contributed by atoms with Gasteiger partial charge in [-0.15, -0.1) is 0 Å². The fourth-order valence-electron chi connectivity index (χ4n) is 3.82. The van der Waals surface area contributed by atoms with Gasteiger partial charge in [0.15, 0.2) is 0 Å². The third-order valence-corrected chi connectivity index (χ3v) is 5.12. The number of carboxylic acid groups (broad SMARTS) is 2. The van der Waals surface area contributed by atoms with Crippen LogP contribution in [0.1, 0.15) is 122 Å². The molecule has 0 aliphatic rings. The molecule has 0 aromatic heterocycles.